The zero-order chi connectivity index (χ0) is 12.3. The number of hydrogen-bond acceptors (Lipinski definition) is 3. The molecule has 0 saturated carbocycles. The van der Waals surface area contributed by atoms with E-state index in [0.717, 1.165) is 19.3 Å². The average Bonchev–Trinajstić information content (AvgIpc) is 2.30. The topological polar surface area (TPSA) is 43.4 Å². The highest BCUT2D eigenvalue weighted by molar-refractivity contribution is 5.86. The molecule has 0 aromatic carbocycles. The van der Waals surface area contributed by atoms with E-state index in [9.17, 15) is 9.59 Å². The van der Waals surface area contributed by atoms with Crippen LogP contribution in [-0.4, -0.2) is 11.9 Å². The molecule has 0 N–H and O–H groups in total. The van der Waals surface area contributed by atoms with Crippen LogP contribution in [0.5, 0.6) is 0 Å². The van der Waals surface area contributed by atoms with Crippen molar-refractivity contribution in [2.75, 3.05) is 0 Å². The number of hydrogen-bond donors (Lipinski definition) is 0. The van der Waals surface area contributed by atoms with Crippen LogP contribution in [0.2, 0.25) is 0 Å². The Balaban J connectivity index is 2.33. The van der Waals surface area contributed by atoms with Gasteiger partial charge in [-0.15, -0.1) is 0 Å². The third-order valence-electron chi connectivity index (χ3n) is 2.93. The molecule has 0 fully saturated rings. The van der Waals surface area contributed by atoms with E-state index >= 15 is 0 Å². The molecular formula is C14H22O3. The molecule has 1 heterocycles. The predicted molar refractivity (Wildman–Crippen MR) is 66.4 cm³/mol. The van der Waals surface area contributed by atoms with Gasteiger partial charge in [-0.2, -0.15) is 0 Å². The number of carbonyl (C=O) groups excluding carboxylic acids is 2. The summed E-state index contributed by atoms with van der Waals surface area (Å²) >= 11 is 0. The lowest BCUT2D eigenvalue weighted by Crippen LogP contribution is -2.11. The van der Waals surface area contributed by atoms with Gasteiger partial charge in [0, 0.05) is 6.42 Å². The highest BCUT2D eigenvalue weighted by Crippen LogP contribution is 2.11. The number of carbonyl (C=O) groups is 2. The van der Waals surface area contributed by atoms with Gasteiger partial charge in [0.1, 0.15) is 0 Å². The molecule has 3 nitrogen and oxygen atoms in total. The number of rotatable bonds is 0. The first kappa shape index (κ1) is 13.9. The van der Waals surface area contributed by atoms with Gasteiger partial charge in [-0.1, -0.05) is 44.3 Å². The van der Waals surface area contributed by atoms with Crippen LogP contribution in [0.4, 0.5) is 0 Å². The highest BCUT2D eigenvalue weighted by atomic mass is 16.6. The third-order valence-corrected chi connectivity index (χ3v) is 2.93. The molecule has 0 bridgehead atoms. The summed E-state index contributed by atoms with van der Waals surface area (Å²) in [6.07, 6.45) is 13.4. The van der Waals surface area contributed by atoms with E-state index in [1.165, 1.54) is 32.1 Å². The van der Waals surface area contributed by atoms with E-state index in [-0.39, 0.29) is 12.4 Å². The fourth-order valence-electron chi connectivity index (χ4n) is 1.93. The maximum atomic E-state index is 11.3. The van der Waals surface area contributed by atoms with Crippen molar-refractivity contribution in [2.45, 2.75) is 64.2 Å². The van der Waals surface area contributed by atoms with Gasteiger partial charge >= 0.3 is 11.9 Å². The smallest absolute Gasteiger partial charge is 0.317 e. The summed E-state index contributed by atoms with van der Waals surface area (Å²) in [5, 5.41) is 0. The van der Waals surface area contributed by atoms with Crippen molar-refractivity contribution in [2.24, 2.45) is 0 Å². The zero-order valence-electron chi connectivity index (χ0n) is 10.5. The minimum absolute atomic E-state index is 0.214. The molecule has 0 aromatic rings. The molecule has 96 valence electrons. The first-order valence-electron chi connectivity index (χ1n) is 6.67. The Morgan fingerprint density at radius 1 is 0.765 bits per heavy atom. The highest BCUT2D eigenvalue weighted by Gasteiger charge is 2.08. The van der Waals surface area contributed by atoms with Crippen molar-refractivity contribution >= 4 is 11.9 Å². The first-order chi connectivity index (χ1) is 8.29. The summed E-state index contributed by atoms with van der Waals surface area (Å²) in [7, 11) is 0. The van der Waals surface area contributed by atoms with Crippen molar-refractivity contribution in [3.63, 3.8) is 0 Å². The van der Waals surface area contributed by atoms with E-state index in [1.54, 1.807) is 6.08 Å². The molecule has 0 amide bonds. The van der Waals surface area contributed by atoms with Gasteiger partial charge in [0.05, 0.1) is 6.42 Å². The predicted octanol–water partition coefficient (Wildman–Crippen LogP) is 3.53. The van der Waals surface area contributed by atoms with Crippen molar-refractivity contribution in [1.29, 1.82) is 0 Å². The molecule has 0 aliphatic carbocycles. The van der Waals surface area contributed by atoms with Crippen LogP contribution < -0.4 is 0 Å². The summed E-state index contributed by atoms with van der Waals surface area (Å²) in [5.41, 5.74) is 0. The van der Waals surface area contributed by atoms with Gasteiger partial charge < -0.3 is 4.74 Å². The summed E-state index contributed by atoms with van der Waals surface area (Å²) in [6.45, 7) is 0. The summed E-state index contributed by atoms with van der Waals surface area (Å²) in [5.74, 6) is -0.806. The van der Waals surface area contributed by atoms with E-state index in [1.807, 2.05) is 6.08 Å². The second-order valence-electron chi connectivity index (χ2n) is 4.54. The third kappa shape index (κ3) is 7.72. The maximum absolute atomic E-state index is 11.3. The lowest BCUT2D eigenvalue weighted by Gasteiger charge is -2.01. The van der Waals surface area contributed by atoms with Crippen LogP contribution in [0, 0.1) is 0 Å². The number of esters is 2. The van der Waals surface area contributed by atoms with Crippen LogP contribution in [0.15, 0.2) is 12.2 Å². The van der Waals surface area contributed by atoms with E-state index in [0.29, 0.717) is 6.42 Å². The molecule has 1 aliphatic rings. The molecule has 0 aromatic heterocycles. The average molecular weight is 238 g/mol. The van der Waals surface area contributed by atoms with E-state index in [2.05, 4.69) is 0 Å². The molecular weight excluding hydrogens is 216 g/mol. The van der Waals surface area contributed by atoms with Crippen LogP contribution in [0.25, 0.3) is 0 Å². The Labute approximate surface area is 103 Å². The van der Waals surface area contributed by atoms with Gasteiger partial charge in [0.25, 0.3) is 0 Å². The molecule has 0 radical (unpaired) electrons. The summed E-state index contributed by atoms with van der Waals surface area (Å²) < 4.78 is 4.70. The van der Waals surface area contributed by atoms with Crippen molar-refractivity contribution in [3.8, 4) is 0 Å². The number of ether oxygens (including phenoxy) is 1. The fourth-order valence-corrected chi connectivity index (χ4v) is 1.93. The van der Waals surface area contributed by atoms with Crippen molar-refractivity contribution < 1.29 is 14.3 Å². The first-order valence-corrected chi connectivity index (χ1v) is 6.67. The molecule has 0 saturated heterocycles. The van der Waals surface area contributed by atoms with E-state index < -0.39 is 5.97 Å². The second kappa shape index (κ2) is 8.97. The van der Waals surface area contributed by atoms with E-state index in [4.69, 9.17) is 4.74 Å². The summed E-state index contributed by atoms with van der Waals surface area (Å²) in [4.78, 5) is 22.5. The Kier molecular flexibility index (Phi) is 7.35. The van der Waals surface area contributed by atoms with Crippen molar-refractivity contribution in [3.05, 3.63) is 12.2 Å². The molecule has 0 atom stereocenters. The van der Waals surface area contributed by atoms with Crippen molar-refractivity contribution in [1.82, 2.24) is 0 Å². The van der Waals surface area contributed by atoms with Gasteiger partial charge in [-0.3, -0.25) is 9.59 Å². The number of cyclic esters (lactones) is 2. The maximum Gasteiger partial charge on any atom is 0.317 e. The lowest BCUT2D eigenvalue weighted by atomic mass is 10.1. The normalized spacial score (nSPS) is 23.3. The van der Waals surface area contributed by atoms with Crippen LogP contribution in [0.3, 0.4) is 0 Å². The minimum Gasteiger partial charge on any atom is -0.393 e. The van der Waals surface area contributed by atoms with Gasteiger partial charge in [-0.25, -0.2) is 0 Å². The minimum atomic E-state index is -0.430. The zero-order valence-corrected chi connectivity index (χ0v) is 10.5. The van der Waals surface area contributed by atoms with Crippen LogP contribution in [-0.2, 0) is 14.3 Å². The quantitative estimate of drug-likeness (QED) is 0.368. The molecule has 17 heavy (non-hydrogen) atoms. The molecule has 0 unspecified atom stereocenters. The monoisotopic (exact) mass is 238 g/mol. The van der Waals surface area contributed by atoms with Gasteiger partial charge in [-0.05, 0) is 19.3 Å². The SMILES string of the molecule is O=C1C/C=C\CCCCCCCCCC(=O)O1. The standard InChI is InChI=1S/C14H22O3/c15-13-11-9-7-5-3-1-2-4-6-8-10-12-14(16)17-13/h7,9H,1-6,8,10-12H2/b9-7-. The largest absolute Gasteiger partial charge is 0.393 e. The Hall–Kier alpha value is -1.12. The second-order valence-corrected chi connectivity index (χ2v) is 4.54. The lowest BCUT2D eigenvalue weighted by molar-refractivity contribution is -0.159. The molecule has 1 aliphatic heterocycles. The fraction of sp³-hybridized carbons (Fsp3) is 0.714. The van der Waals surface area contributed by atoms with Gasteiger partial charge in [0.15, 0.2) is 0 Å². The summed E-state index contributed by atoms with van der Waals surface area (Å²) in [6, 6.07) is 0. The van der Waals surface area contributed by atoms with Crippen LogP contribution >= 0.6 is 0 Å². The Bertz CT molecular complexity index is 269. The number of allylic oxidation sites excluding steroid dienone is 1. The Morgan fingerprint density at radius 2 is 1.41 bits per heavy atom. The molecule has 3 heteroatoms. The molecule has 0 spiro atoms. The van der Waals surface area contributed by atoms with Gasteiger partial charge in [0.2, 0.25) is 0 Å². The Morgan fingerprint density at radius 3 is 2.18 bits per heavy atom. The molecule has 1 rings (SSSR count). The van der Waals surface area contributed by atoms with Crippen LogP contribution in [0.1, 0.15) is 64.2 Å².